The van der Waals surface area contributed by atoms with E-state index in [4.69, 9.17) is 0 Å². The number of hydrogen-bond acceptors (Lipinski definition) is 6. The van der Waals surface area contributed by atoms with Crippen molar-refractivity contribution in [3.8, 4) is 17.1 Å². The third kappa shape index (κ3) is 10.7. The minimum atomic E-state index is -1.06. The topological polar surface area (TPSA) is 87.8 Å². The Balaban J connectivity index is 0.000000459. The number of benzene rings is 3. The van der Waals surface area contributed by atoms with Gasteiger partial charge in [-0.15, -0.1) is 23.9 Å². The van der Waals surface area contributed by atoms with Crippen molar-refractivity contribution >= 4 is 40.7 Å². The van der Waals surface area contributed by atoms with Crippen LogP contribution in [0.5, 0.6) is 0 Å². The molecule has 12 heteroatoms. The maximum atomic E-state index is 13.0. The summed E-state index contributed by atoms with van der Waals surface area (Å²) in [4.78, 5) is 32.2. The quantitative estimate of drug-likeness (QED) is 0.123. The van der Waals surface area contributed by atoms with Crippen LogP contribution in [0.15, 0.2) is 138 Å². The van der Waals surface area contributed by atoms with Gasteiger partial charge in [0, 0.05) is 151 Å². The molecule has 0 unspecified atom stereocenters. The van der Waals surface area contributed by atoms with Gasteiger partial charge < -0.3 is 29.9 Å². The minimum Gasteiger partial charge on any atom is -0.521 e. The molecule has 10 nitrogen and oxygen atoms in total. The van der Waals surface area contributed by atoms with Crippen LogP contribution in [0.1, 0.15) is 33.2 Å². The van der Waals surface area contributed by atoms with E-state index in [-0.39, 0.29) is 44.2 Å². The Morgan fingerprint density at radius 3 is 1.55 bits per heavy atom. The van der Waals surface area contributed by atoms with Crippen molar-refractivity contribution in [2.75, 3.05) is 63.5 Å². The first kappa shape index (κ1) is 43.5. The summed E-state index contributed by atoms with van der Waals surface area (Å²) in [6.07, 6.45) is 11.7. The van der Waals surface area contributed by atoms with Crippen molar-refractivity contribution < 1.29 is 61.1 Å². The van der Waals surface area contributed by atoms with Crippen LogP contribution in [0.3, 0.4) is 0 Å². The fraction of sp³-hybridized carbons (Fsp3) is 0.182. The molecule has 0 fully saturated rings. The van der Waals surface area contributed by atoms with Gasteiger partial charge in [-0.25, -0.2) is 4.57 Å². The van der Waals surface area contributed by atoms with E-state index >= 15 is 0 Å². The van der Waals surface area contributed by atoms with Crippen LogP contribution >= 0.6 is 11.8 Å². The number of nitrogens with zero attached hydrogens (tertiary/aromatic N) is 6. The molecule has 3 aromatic heterocycles. The first-order valence-corrected chi connectivity index (χ1v) is 18.6. The summed E-state index contributed by atoms with van der Waals surface area (Å²) in [6.45, 7) is 6.29. The van der Waals surface area contributed by atoms with E-state index in [1.54, 1.807) is 23.9 Å². The van der Waals surface area contributed by atoms with E-state index in [0.29, 0.717) is 23.5 Å². The average Bonchev–Trinajstić information content (AvgIpc) is 3.18. The van der Waals surface area contributed by atoms with E-state index < -0.39 is 5.97 Å². The summed E-state index contributed by atoms with van der Waals surface area (Å²) in [6, 6.07) is 32.6. The zero-order chi connectivity index (χ0) is 39.6. The SMILES string of the molecule is CN(C)c1cc[n+](-c2[c-]c(C(=O)O)c(-[n+]3ccc(N(C)C)cc3)c(-[n+]3ccc(N(C)C)cc3)c2Sc2ccccc2)cc1.[CH2-]c1ccc(C(=O)NCC)cc1.[Y]. The molecule has 285 valence electrons. The molecule has 56 heavy (non-hydrogen) atoms. The van der Waals surface area contributed by atoms with Crippen molar-refractivity contribution in [1.29, 1.82) is 0 Å². The monoisotopic (exact) mass is 843 g/mol. The van der Waals surface area contributed by atoms with Gasteiger partial charge in [-0.05, 0) is 19.1 Å². The van der Waals surface area contributed by atoms with Crippen LogP contribution < -0.4 is 33.7 Å². The largest absolute Gasteiger partial charge is 0.521 e. The van der Waals surface area contributed by atoms with E-state index in [2.05, 4.69) is 30.4 Å². The standard InChI is InChI=1S/C34H35N6O2S.C10H12NO.Y/c1-35(2)25-12-18-38(19-13-25)30-24-29(34(41)42)31(39-20-14-26(15-21-39)36(3)4)32(33(30)43-28-10-8-7-9-11-28)40-22-16-27(17-23-40)37(5)6;1-3-11-10(12)9-6-4-8(2)5-7-9;/h7-23H,1-6H3;4-7H,2-3H2,1H3,(H,11,12);/q+1;-1;/p+1. The van der Waals surface area contributed by atoms with Crippen molar-refractivity contribution in [1.82, 2.24) is 5.32 Å². The molecule has 1 radical (unpaired) electrons. The number of anilines is 3. The second kappa shape index (κ2) is 20.1. The van der Waals surface area contributed by atoms with Crippen molar-refractivity contribution in [2.24, 2.45) is 0 Å². The minimum absolute atomic E-state index is 0. The van der Waals surface area contributed by atoms with Crippen molar-refractivity contribution in [3.63, 3.8) is 0 Å². The Bertz CT molecular complexity index is 2210. The van der Waals surface area contributed by atoms with Gasteiger partial charge in [0.1, 0.15) is 5.69 Å². The molecule has 3 aromatic carbocycles. The van der Waals surface area contributed by atoms with Crippen molar-refractivity contribution in [3.05, 3.63) is 158 Å². The number of rotatable bonds is 11. The van der Waals surface area contributed by atoms with Gasteiger partial charge >= 0.3 is 0 Å². The zero-order valence-corrected chi connectivity index (χ0v) is 36.6. The van der Waals surface area contributed by atoms with Crippen LogP contribution in [-0.2, 0) is 32.7 Å². The molecular formula is C44H48N7O3SY+. The molecule has 0 saturated heterocycles. The summed E-state index contributed by atoms with van der Waals surface area (Å²) in [5, 5.41) is 13.4. The van der Waals surface area contributed by atoms with E-state index in [1.807, 2.05) is 182 Å². The number of hydrogen-bond donors (Lipinski definition) is 2. The van der Waals surface area contributed by atoms with Crippen LogP contribution in [-0.4, -0.2) is 65.8 Å². The van der Waals surface area contributed by atoms with Gasteiger partial charge in [0.25, 0.3) is 5.97 Å². The molecule has 1 amide bonds. The van der Waals surface area contributed by atoms with Gasteiger partial charge in [-0.2, -0.15) is 33.8 Å². The zero-order valence-electron chi connectivity index (χ0n) is 33.0. The molecule has 0 bridgehead atoms. The number of amides is 1. The second-order valence-corrected chi connectivity index (χ2v) is 14.3. The third-order valence-corrected chi connectivity index (χ3v) is 9.72. The summed E-state index contributed by atoms with van der Waals surface area (Å²) in [5.41, 5.74) is 6.65. The van der Waals surface area contributed by atoms with E-state index in [1.165, 1.54) is 0 Å². The van der Waals surface area contributed by atoms with E-state index in [0.717, 1.165) is 38.1 Å². The molecule has 0 aliphatic heterocycles. The van der Waals surface area contributed by atoms with Gasteiger partial charge in [0.15, 0.2) is 37.2 Å². The maximum absolute atomic E-state index is 13.0. The smallest absolute Gasteiger partial charge is 0.254 e. The maximum Gasteiger partial charge on any atom is 0.254 e. The number of carboxylic acid groups (broad SMARTS) is 1. The first-order valence-electron chi connectivity index (χ1n) is 17.7. The molecule has 6 aromatic rings. The molecule has 0 spiro atoms. The summed E-state index contributed by atoms with van der Waals surface area (Å²) in [5.74, 6) is -1.09. The number of aromatic nitrogens is 3. The number of nitrogens with one attached hydrogen (secondary N) is 1. The van der Waals surface area contributed by atoms with Gasteiger partial charge in [0.05, 0.1) is 4.90 Å². The van der Waals surface area contributed by atoms with E-state index in [9.17, 15) is 14.7 Å². The van der Waals surface area contributed by atoms with Crippen LogP contribution in [0.4, 0.5) is 17.1 Å². The summed E-state index contributed by atoms with van der Waals surface area (Å²) >= 11 is 1.58. The Morgan fingerprint density at radius 1 is 0.679 bits per heavy atom. The normalized spacial score (nSPS) is 10.3. The second-order valence-electron chi connectivity index (χ2n) is 13.2. The summed E-state index contributed by atoms with van der Waals surface area (Å²) in [7, 11) is 11.9. The van der Waals surface area contributed by atoms with Gasteiger partial charge in [-0.3, -0.25) is 4.79 Å². The molecule has 3 heterocycles. The number of carbonyl (C=O) groups is 2. The van der Waals surface area contributed by atoms with Crippen LogP contribution in [0.25, 0.3) is 17.1 Å². The molecule has 0 atom stereocenters. The molecule has 0 saturated carbocycles. The molecule has 2 N–H and O–H groups in total. The van der Waals surface area contributed by atoms with Gasteiger partial charge in [-0.1, -0.05) is 24.3 Å². The summed E-state index contributed by atoms with van der Waals surface area (Å²) < 4.78 is 5.80. The predicted molar refractivity (Wildman–Crippen MR) is 219 cm³/mol. The van der Waals surface area contributed by atoms with Crippen LogP contribution in [0, 0.1) is 13.0 Å². The predicted octanol–water partition coefficient (Wildman–Crippen LogP) is 5.98. The number of carboxylic acids is 1. The Labute approximate surface area is 359 Å². The molecular weight excluding hydrogens is 796 g/mol. The van der Waals surface area contributed by atoms with Crippen LogP contribution in [0.2, 0.25) is 0 Å². The number of aromatic carboxylic acids is 1. The Hall–Kier alpha value is -5.23. The Kier molecular flexibility index (Phi) is 15.6. The average molecular weight is 844 g/mol. The third-order valence-electron chi connectivity index (χ3n) is 8.62. The van der Waals surface area contributed by atoms with Gasteiger partial charge in [0.2, 0.25) is 17.3 Å². The first-order chi connectivity index (χ1) is 26.4. The molecule has 0 aliphatic carbocycles. The molecule has 6 rings (SSSR count). The number of carbonyl (C=O) groups excluding carboxylic acids is 1. The van der Waals surface area contributed by atoms with Crippen molar-refractivity contribution in [2.45, 2.75) is 16.7 Å². The fourth-order valence-corrected chi connectivity index (χ4v) is 6.70. The fourth-order valence-electron chi connectivity index (χ4n) is 5.62. The Morgan fingerprint density at radius 2 is 1.12 bits per heavy atom. The number of pyridine rings is 3. The molecule has 0 aliphatic rings.